The van der Waals surface area contributed by atoms with Crippen LogP contribution in [-0.2, 0) is 0 Å². The molecule has 2 unspecified atom stereocenters. The molecule has 0 amide bonds. The van der Waals surface area contributed by atoms with E-state index in [1.54, 1.807) is 7.11 Å². The average molecular weight is 327 g/mol. The third kappa shape index (κ3) is 4.69. The van der Waals surface area contributed by atoms with Crippen molar-refractivity contribution in [2.75, 3.05) is 19.0 Å². The second kappa shape index (κ2) is 7.15. The molecule has 0 spiro atoms. The Morgan fingerprint density at radius 3 is 2.95 bits per heavy atom. The Morgan fingerprint density at radius 2 is 2.26 bits per heavy atom. The minimum absolute atomic E-state index is 0.453. The van der Waals surface area contributed by atoms with Crippen molar-refractivity contribution in [1.29, 1.82) is 0 Å². The molecule has 0 radical (unpaired) electrons. The van der Waals surface area contributed by atoms with Crippen LogP contribution in [0.15, 0.2) is 22.7 Å². The van der Waals surface area contributed by atoms with Gasteiger partial charge < -0.3 is 15.4 Å². The molecule has 4 heteroatoms. The number of anilines is 1. The highest BCUT2D eigenvalue weighted by Gasteiger charge is 2.15. The number of nitrogens with one attached hydrogen (secondary N) is 2. The Balaban J connectivity index is 1.90. The molecule has 2 rings (SSSR count). The second-order valence-electron chi connectivity index (χ2n) is 5.31. The Kier molecular flexibility index (Phi) is 5.52. The van der Waals surface area contributed by atoms with Crippen LogP contribution in [0.1, 0.15) is 32.6 Å². The third-order valence-electron chi connectivity index (χ3n) is 3.57. The lowest BCUT2D eigenvalue weighted by atomic mass is 9.98. The van der Waals surface area contributed by atoms with Crippen LogP contribution >= 0.6 is 15.9 Å². The Bertz CT molecular complexity index is 405. The number of benzene rings is 1. The summed E-state index contributed by atoms with van der Waals surface area (Å²) in [6, 6.07) is 7.21. The van der Waals surface area contributed by atoms with E-state index < -0.39 is 0 Å². The summed E-state index contributed by atoms with van der Waals surface area (Å²) in [7, 11) is 1.70. The van der Waals surface area contributed by atoms with E-state index in [1.807, 2.05) is 12.1 Å². The molecule has 2 N–H and O–H groups in total. The Hall–Kier alpha value is -0.740. The van der Waals surface area contributed by atoms with Crippen LogP contribution in [0.2, 0.25) is 0 Å². The van der Waals surface area contributed by atoms with E-state index in [2.05, 4.69) is 39.6 Å². The van der Waals surface area contributed by atoms with Crippen molar-refractivity contribution in [3.63, 3.8) is 0 Å². The van der Waals surface area contributed by atoms with Crippen molar-refractivity contribution in [3.8, 4) is 5.75 Å². The highest BCUT2D eigenvalue weighted by atomic mass is 79.9. The predicted molar refractivity (Wildman–Crippen MR) is 84.0 cm³/mol. The van der Waals surface area contributed by atoms with E-state index >= 15 is 0 Å². The van der Waals surface area contributed by atoms with Gasteiger partial charge in [0.15, 0.2) is 0 Å². The number of hydrogen-bond donors (Lipinski definition) is 2. The van der Waals surface area contributed by atoms with Gasteiger partial charge in [-0.25, -0.2) is 0 Å². The predicted octanol–water partition coefficient (Wildman–Crippen LogP) is 3.79. The first-order valence-corrected chi connectivity index (χ1v) is 7.81. The maximum Gasteiger partial charge on any atom is 0.122 e. The van der Waals surface area contributed by atoms with Gasteiger partial charge in [-0.2, -0.15) is 0 Å². The van der Waals surface area contributed by atoms with Crippen molar-refractivity contribution >= 4 is 21.6 Å². The van der Waals surface area contributed by atoms with Gasteiger partial charge in [0.1, 0.15) is 5.75 Å². The SMILES string of the molecule is COc1cc(Br)cc(NC(C)CC2CCCCN2)c1. The number of halogens is 1. The van der Waals surface area contributed by atoms with Crippen molar-refractivity contribution in [2.24, 2.45) is 0 Å². The highest BCUT2D eigenvalue weighted by Crippen LogP contribution is 2.25. The summed E-state index contributed by atoms with van der Waals surface area (Å²) in [6.45, 7) is 3.41. The van der Waals surface area contributed by atoms with E-state index in [1.165, 1.54) is 25.8 Å². The lowest BCUT2D eigenvalue weighted by Gasteiger charge is -2.27. The number of ether oxygens (including phenoxy) is 1. The van der Waals surface area contributed by atoms with Crippen molar-refractivity contribution < 1.29 is 4.74 Å². The van der Waals surface area contributed by atoms with Gasteiger partial charge >= 0.3 is 0 Å². The fourth-order valence-corrected chi connectivity index (χ4v) is 3.13. The van der Waals surface area contributed by atoms with E-state index in [-0.39, 0.29) is 0 Å². The monoisotopic (exact) mass is 326 g/mol. The zero-order chi connectivity index (χ0) is 13.7. The summed E-state index contributed by atoms with van der Waals surface area (Å²) in [4.78, 5) is 0. The molecule has 1 aromatic carbocycles. The lowest BCUT2D eigenvalue weighted by Crippen LogP contribution is -2.37. The molecule has 0 bridgehead atoms. The van der Waals surface area contributed by atoms with Crippen molar-refractivity contribution in [2.45, 2.75) is 44.7 Å². The molecule has 106 valence electrons. The van der Waals surface area contributed by atoms with Crippen LogP contribution < -0.4 is 15.4 Å². The molecule has 1 saturated heterocycles. The maximum atomic E-state index is 5.28. The van der Waals surface area contributed by atoms with Gasteiger partial charge in [-0.1, -0.05) is 22.4 Å². The number of hydrogen-bond acceptors (Lipinski definition) is 3. The highest BCUT2D eigenvalue weighted by molar-refractivity contribution is 9.10. The summed E-state index contributed by atoms with van der Waals surface area (Å²) in [6.07, 6.45) is 5.14. The molecule has 3 nitrogen and oxygen atoms in total. The van der Waals surface area contributed by atoms with Gasteiger partial charge in [-0.05, 0) is 44.9 Å². The van der Waals surface area contributed by atoms with E-state index in [9.17, 15) is 0 Å². The molecule has 19 heavy (non-hydrogen) atoms. The molecule has 1 aromatic rings. The standard InChI is InChI=1S/C15H23BrN2O/c1-11(7-13-5-3-4-6-17-13)18-14-8-12(16)9-15(10-14)19-2/h8-11,13,17-18H,3-7H2,1-2H3. The zero-order valence-electron chi connectivity index (χ0n) is 11.7. The van der Waals surface area contributed by atoms with Crippen molar-refractivity contribution in [1.82, 2.24) is 5.32 Å². The van der Waals surface area contributed by atoms with E-state index in [0.717, 1.165) is 22.3 Å². The van der Waals surface area contributed by atoms with E-state index in [4.69, 9.17) is 4.74 Å². The van der Waals surface area contributed by atoms with Crippen LogP contribution in [0.25, 0.3) is 0 Å². The van der Waals surface area contributed by atoms with Gasteiger partial charge in [-0.15, -0.1) is 0 Å². The summed E-state index contributed by atoms with van der Waals surface area (Å²) in [5.74, 6) is 0.875. The van der Waals surface area contributed by atoms with Gasteiger partial charge in [0.25, 0.3) is 0 Å². The average Bonchev–Trinajstić information content (AvgIpc) is 2.38. The number of rotatable bonds is 5. The van der Waals surface area contributed by atoms with E-state index in [0.29, 0.717) is 12.1 Å². The smallest absolute Gasteiger partial charge is 0.122 e. The number of methoxy groups -OCH3 is 1. The minimum atomic E-state index is 0.453. The molecule has 0 saturated carbocycles. The summed E-state index contributed by atoms with van der Waals surface area (Å²) in [5, 5.41) is 7.15. The van der Waals surface area contributed by atoms with Crippen LogP contribution in [0.4, 0.5) is 5.69 Å². The van der Waals surface area contributed by atoms with Gasteiger partial charge in [0.05, 0.1) is 7.11 Å². The van der Waals surface area contributed by atoms with Crippen LogP contribution in [0.3, 0.4) is 0 Å². The summed E-state index contributed by atoms with van der Waals surface area (Å²) < 4.78 is 6.32. The maximum absolute atomic E-state index is 5.28. The van der Waals surface area contributed by atoms with Crippen LogP contribution in [-0.4, -0.2) is 25.7 Å². The van der Waals surface area contributed by atoms with Gasteiger partial charge in [-0.3, -0.25) is 0 Å². The molecular formula is C15H23BrN2O. The normalized spacial score (nSPS) is 20.9. The fraction of sp³-hybridized carbons (Fsp3) is 0.600. The quantitative estimate of drug-likeness (QED) is 0.863. The van der Waals surface area contributed by atoms with Gasteiger partial charge in [0.2, 0.25) is 0 Å². The zero-order valence-corrected chi connectivity index (χ0v) is 13.3. The molecular weight excluding hydrogens is 304 g/mol. The molecule has 0 aromatic heterocycles. The molecule has 0 aliphatic carbocycles. The molecule has 1 fully saturated rings. The van der Waals surface area contributed by atoms with Crippen LogP contribution in [0, 0.1) is 0 Å². The van der Waals surface area contributed by atoms with Crippen LogP contribution in [0.5, 0.6) is 5.75 Å². The first-order valence-electron chi connectivity index (χ1n) is 7.02. The number of piperidine rings is 1. The summed E-state index contributed by atoms with van der Waals surface area (Å²) in [5.41, 5.74) is 1.11. The minimum Gasteiger partial charge on any atom is -0.497 e. The Labute approximate surface area is 124 Å². The molecule has 1 aliphatic rings. The summed E-state index contributed by atoms with van der Waals surface area (Å²) >= 11 is 3.51. The molecule has 2 atom stereocenters. The van der Waals surface area contributed by atoms with Crippen molar-refractivity contribution in [3.05, 3.63) is 22.7 Å². The first-order chi connectivity index (χ1) is 9.17. The topological polar surface area (TPSA) is 33.3 Å². The molecule has 1 heterocycles. The molecule has 1 aliphatic heterocycles. The fourth-order valence-electron chi connectivity index (χ4n) is 2.66. The third-order valence-corrected chi connectivity index (χ3v) is 4.03. The van der Waals surface area contributed by atoms with Gasteiger partial charge in [0, 0.05) is 28.3 Å². The Morgan fingerprint density at radius 1 is 1.42 bits per heavy atom. The largest absolute Gasteiger partial charge is 0.497 e. The lowest BCUT2D eigenvalue weighted by molar-refractivity contribution is 0.371. The second-order valence-corrected chi connectivity index (χ2v) is 6.22. The first kappa shape index (κ1) is 14.7.